The van der Waals surface area contributed by atoms with Crippen molar-refractivity contribution in [3.63, 3.8) is 0 Å². The van der Waals surface area contributed by atoms with Crippen molar-refractivity contribution in [2.45, 2.75) is 19.3 Å². The van der Waals surface area contributed by atoms with Gasteiger partial charge in [0.15, 0.2) is 0 Å². The normalized spacial score (nSPS) is 11.8. The minimum atomic E-state index is -4.78. The van der Waals surface area contributed by atoms with Crippen LogP contribution in [0, 0.1) is 11.3 Å². The molecule has 0 spiro atoms. The van der Waals surface area contributed by atoms with E-state index in [9.17, 15) is 12.9 Å². The van der Waals surface area contributed by atoms with E-state index in [2.05, 4.69) is 0 Å². The molecule has 0 bridgehead atoms. The van der Waals surface area contributed by atoms with E-state index in [0.29, 0.717) is 19.3 Å². The van der Waals surface area contributed by atoms with Crippen LogP contribution in [0.1, 0.15) is 19.3 Å². The van der Waals surface area contributed by atoms with Crippen molar-refractivity contribution in [3.8, 4) is 6.07 Å². The Morgan fingerprint density at radius 1 is 1.36 bits per heavy atom. The highest BCUT2D eigenvalue weighted by atomic mass is 19.4. The monoisotopic (exact) mass is 162 g/mol. The molecule has 0 aliphatic heterocycles. The lowest BCUT2D eigenvalue weighted by Crippen LogP contribution is -2.09. The Hall–Kier alpha value is -0.915. The standard InChI is InChI=1S/C6H8BF3N/c8-7(9,10)5-3-1-2-4-6-11/h3,5H,1-2,4H2/q-1/b5-3+. The molecule has 0 atom stereocenters. The third-order valence-corrected chi connectivity index (χ3v) is 1.01. The van der Waals surface area contributed by atoms with Crippen LogP contribution in [0.25, 0.3) is 0 Å². The summed E-state index contributed by atoms with van der Waals surface area (Å²) in [5.41, 5.74) is 0. The Morgan fingerprint density at radius 3 is 2.45 bits per heavy atom. The van der Waals surface area contributed by atoms with Crippen LogP contribution in [0.2, 0.25) is 0 Å². The van der Waals surface area contributed by atoms with Gasteiger partial charge in [-0.2, -0.15) is 5.26 Å². The van der Waals surface area contributed by atoms with E-state index in [0.717, 1.165) is 6.08 Å². The van der Waals surface area contributed by atoms with E-state index in [1.54, 1.807) is 0 Å². The lowest BCUT2D eigenvalue weighted by atomic mass is 9.91. The molecule has 0 aromatic rings. The number of allylic oxidation sites excluding steroid dienone is 1. The van der Waals surface area contributed by atoms with Crippen LogP contribution in [-0.4, -0.2) is 6.98 Å². The molecule has 0 aliphatic carbocycles. The summed E-state index contributed by atoms with van der Waals surface area (Å²) in [5, 5.41) is 8.03. The first-order chi connectivity index (χ1) is 5.06. The quantitative estimate of drug-likeness (QED) is 0.460. The van der Waals surface area contributed by atoms with E-state index >= 15 is 0 Å². The fourth-order valence-corrected chi connectivity index (χ4v) is 0.549. The van der Waals surface area contributed by atoms with Crippen molar-refractivity contribution in [1.29, 1.82) is 5.26 Å². The van der Waals surface area contributed by atoms with Gasteiger partial charge in [-0.1, -0.05) is 0 Å². The van der Waals surface area contributed by atoms with Crippen LogP contribution in [-0.2, 0) is 0 Å². The van der Waals surface area contributed by atoms with Gasteiger partial charge >= 0.3 is 6.98 Å². The molecule has 62 valence electrons. The number of unbranched alkanes of at least 4 members (excludes halogenated alkanes) is 2. The molecule has 5 heteroatoms. The molecule has 0 heterocycles. The molecular weight excluding hydrogens is 154 g/mol. The number of hydrogen-bond acceptors (Lipinski definition) is 1. The van der Waals surface area contributed by atoms with E-state index < -0.39 is 6.98 Å². The maximum atomic E-state index is 11.5. The second-order valence-corrected chi connectivity index (χ2v) is 2.10. The third-order valence-electron chi connectivity index (χ3n) is 1.01. The highest BCUT2D eigenvalue weighted by Gasteiger charge is 2.16. The summed E-state index contributed by atoms with van der Waals surface area (Å²) in [6, 6.07) is 1.86. The summed E-state index contributed by atoms with van der Waals surface area (Å²) < 4.78 is 34.4. The molecule has 0 aromatic heterocycles. The molecule has 0 fully saturated rings. The Morgan fingerprint density at radius 2 is 2.00 bits per heavy atom. The van der Waals surface area contributed by atoms with Gasteiger partial charge < -0.3 is 12.9 Å². The Bertz CT molecular complexity index is 168. The smallest absolute Gasteiger partial charge is 0.445 e. The molecule has 0 aliphatic rings. The summed E-state index contributed by atoms with van der Waals surface area (Å²) in [6.45, 7) is -4.78. The molecule has 0 unspecified atom stereocenters. The Kier molecular flexibility index (Phi) is 4.43. The van der Waals surface area contributed by atoms with Gasteiger partial charge in [-0.05, 0) is 12.8 Å². The average Bonchev–Trinajstić information content (AvgIpc) is 1.85. The fraction of sp³-hybridized carbons (Fsp3) is 0.500. The summed E-state index contributed by atoms with van der Waals surface area (Å²) in [7, 11) is 0. The highest BCUT2D eigenvalue weighted by Crippen LogP contribution is 2.10. The van der Waals surface area contributed by atoms with Crippen molar-refractivity contribution in [2.75, 3.05) is 0 Å². The van der Waals surface area contributed by atoms with Crippen molar-refractivity contribution in [1.82, 2.24) is 0 Å². The van der Waals surface area contributed by atoms with Crippen LogP contribution in [0.5, 0.6) is 0 Å². The van der Waals surface area contributed by atoms with Gasteiger partial charge in [-0.15, -0.1) is 12.1 Å². The minimum Gasteiger partial charge on any atom is -0.445 e. The van der Waals surface area contributed by atoms with Gasteiger partial charge in [0.2, 0.25) is 0 Å². The number of nitrogens with zero attached hydrogens (tertiary/aromatic N) is 1. The first-order valence-corrected chi connectivity index (χ1v) is 3.31. The zero-order chi connectivity index (χ0) is 8.74. The van der Waals surface area contributed by atoms with Gasteiger partial charge in [0, 0.05) is 6.42 Å². The number of halogens is 3. The van der Waals surface area contributed by atoms with Crippen LogP contribution in [0.3, 0.4) is 0 Å². The first-order valence-electron chi connectivity index (χ1n) is 3.31. The van der Waals surface area contributed by atoms with Gasteiger partial charge in [-0.25, -0.2) is 0 Å². The average molecular weight is 162 g/mol. The maximum Gasteiger partial charge on any atom is 0.502 e. The fourth-order valence-electron chi connectivity index (χ4n) is 0.549. The number of hydrogen-bond donors (Lipinski definition) is 0. The predicted molar refractivity (Wildman–Crippen MR) is 37.7 cm³/mol. The summed E-state index contributed by atoms with van der Waals surface area (Å²) >= 11 is 0. The lowest BCUT2D eigenvalue weighted by molar-refractivity contribution is 0.498. The molecule has 0 rings (SSSR count). The van der Waals surface area contributed by atoms with Crippen molar-refractivity contribution in [2.24, 2.45) is 0 Å². The zero-order valence-corrected chi connectivity index (χ0v) is 5.93. The topological polar surface area (TPSA) is 23.8 Å². The molecule has 11 heavy (non-hydrogen) atoms. The molecule has 1 nitrogen and oxygen atoms in total. The molecule has 0 amide bonds. The Labute approximate surface area is 63.6 Å². The second-order valence-electron chi connectivity index (χ2n) is 2.10. The van der Waals surface area contributed by atoms with E-state index in [4.69, 9.17) is 5.26 Å². The molecule has 0 aromatic carbocycles. The van der Waals surface area contributed by atoms with Crippen molar-refractivity contribution < 1.29 is 12.9 Å². The maximum absolute atomic E-state index is 11.5. The first kappa shape index (κ1) is 10.1. The summed E-state index contributed by atoms with van der Waals surface area (Å²) in [6.07, 6.45) is 2.21. The second kappa shape index (κ2) is 4.83. The predicted octanol–water partition coefficient (Wildman–Crippen LogP) is 2.62. The molecule has 0 radical (unpaired) electrons. The van der Waals surface area contributed by atoms with Crippen molar-refractivity contribution in [3.05, 3.63) is 12.1 Å². The van der Waals surface area contributed by atoms with E-state index in [1.807, 2.05) is 6.07 Å². The number of nitriles is 1. The zero-order valence-electron chi connectivity index (χ0n) is 5.93. The van der Waals surface area contributed by atoms with Gasteiger partial charge in [0.1, 0.15) is 0 Å². The summed E-state index contributed by atoms with van der Waals surface area (Å²) in [4.78, 5) is 0. The number of rotatable bonds is 4. The summed E-state index contributed by atoms with van der Waals surface area (Å²) in [5.74, 6) is 0.261. The molecule has 0 saturated carbocycles. The highest BCUT2D eigenvalue weighted by molar-refractivity contribution is 6.64. The Balaban J connectivity index is 3.40. The van der Waals surface area contributed by atoms with E-state index in [1.165, 1.54) is 0 Å². The minimum absolute atomic E-state index is 0.261. The van der Waals surface area contributed by atoms with Gasteiger partial charge in [-0.3, -0.25) is 0 Å². The third kappa shape index (κ3) is 9.08. The van der Waals surface area contributed by atoms with Gasteiger partial charge in [0.05, 0.1) is 6.07 Å². The largest absolute Gasteiger partial charge is 0.502 e. The SMILES string of the molecule is N#CCCC/C=C/[B-](F)(F)F. The van der Waals surface area contributed by atoms with Crippen LogP contribution in [0.15, 0.2) is 12.1 Å². The molecular formula is C6H8BF3N-. The van der Waals surface area contributed by atoms with Crippen LogP contribution < -0.4 is 0 Å². The molecule has 0 N–H and O–H groups in total. The van der Waals surface area contributed by atoms with Crippen LogP contribution in [0.4, 0.5) is 12.9 Å². The van der Waals surface area contributed by atoms with Gasteiger partial charge in [0.25, 0.3) is 0 Å². The lowest BCUT2D eigenvalue weighted by Gasteiger charge is -2.05. The molecule has 0 saturated heterocycles. The van der Waals surface area contributed by atoms with Crippen molar-refractivity contribution >= 4 is 6.98 Å². The van der Waals surface area contributed by atoms with Crippen LogP contribution >= 0.6 is 0 Å². The van der Waals surface area contributed by atoms with E-state index in [-0.39, 0.29) is 5.98 Å².